The number of rotatable bonds is 3. The van der Waals surface area contributed by atoms with Crippen molar-refractivity contribution in [2.75, 3.05) is 0 Å². The maximum atomic E-state index is 5.56. The highest BCUT2D eigenvalue weighted by molar-refractivity contribution is 9.10. The Morgan fingerprint density at radius 3 is 3.07 bits per heavy atom. The maximum absolute atomic E-state index is 5.56. The van der Waals surface area contributed by atoms with E-state index in [2.05, 4.69) is 27.0 Å². The number of thiophene rings is 1. The Morgan fingerprint density at radius 2 is 2.40 bits per heavy atom. The van der Waals surface area contributed by atoms with Gasteiger partial charge in [-0.2, -0.15) is 0 Å². The third-order valence-corrected chi connectivity index (χ3v) is 3.64. The van der Waals surface area contributed by atoms with Crippen LogP contribution in [0.15, 0.2) is 34.2 Å². The highest BCUT2D eigenvalue weighted by Gasteiger charge is 2.00. The van der Waals surface area contributed by atoms with E-state index in [-0.39, 0.29) is 0 Å². The predicted octanol–water partition coefficient (Wildman–Crippen LogP) is 3.79. The van der Waals surface area contributed by atoms with Gasteiger partial charge in [-0.1, -0.05) is 6.07 Å². The molecule has 2 rings (SSSR count). The van der Waals surface area contributed by atoms with Crippen LogP contribution in [0.1, 0.15) is 10.4 Å². The summed E-state index contributed by atoms with van der Waals surface area (Å²) in [6, 6.07) is 6.00. The van der Waals surface area contributed by atoms with Crippen LogP contribution < -0.4 is 4.74 Å². The SMILES string of the molecule is Cc1cc(OCc2cccs2)ncc1Br. The molecule has 0 aliphatic heterocycles. The highest BCUT2D eigenvalue weighted by Crippen LogP contribution is 2.19. The van der Waals surface area contributed by atoms with Crippen molar-refractivity contribution in [3.05, 3.63) is 44.7 Å². The zero-order valence-electron chi connectivity index (χ0n) is 8.24. The number of aromatic nitrogens is 1. The maximum Gasteiger partial charge on any atom is 0.213 e. The molecule has 15 heavy (non-hydrogen) atoms. The van der Waals surface area contributed by atoms with Gasteiger partial charge in [0.05, 0.1) is 0 Å². The summed E-state index contributed by atoms with van der Waals surface area (Å²) in [5, 5.41) is 2.04. The molecule has 0 saturated carbocycles. The minimum atomic E-state index is 0.589. The molecule has 78 valence electrons. The van der Waals surface area contributed by atoms with E-state index in [0.29, 0.717) is 12.5 Å². The van der Waals surface area contributed by atoms with E-state index < -0.39 is 0 Å². The molecule has 0 spiro atoms. The number of hydrogen-bond acceptors (Lipinski definition) is 3. The number of hydrogen-bond donors (Lipinski definition) is 0. The summed E-state index contributed by atoms with van der Waals surface area (Å²) in [6.07, 6.45) is 1.76. The minimum absolute atomic E-state index is 0.589. The topological polar surface area (TPSA) is 22.1 Å². The van der Waals surface area contributed by atoms with Gasteiger partial charge in [0.2, 0.25) is 5.88 Å². The van der Waals surface area contributed by atoms with Crippen LogP contribution in [0.2, 0.25) is 0 Å². The van der Waals surface area contributed by atoms with Crippen LogP contribution in [0.4, 0.5) is 0 Å². The van der Waals surface area contributed by atoms with E-state index in [9.17, 15) is 0 Å². The third-order valence-electron chi connectivity index (χ3n) is 1.96. The molecule has 0 amide bonds. The van der Waals surface area contributed by atoms with Gasteiger partial charge in [0.25, 0.3) is 0 Å². The van der Waals surface area contributed by atoms with Gasteiger partial charge in [0.1, 0.15) is 6.61 Å². The molecule has 2 aromatic heterocycles. The van der Waals surface area contributed by atoms with Crippen molar-refractivity contribution in [2.24, 2.45) is 0 Å². The summed E-state index contributed by atoms with van der Waals surface area (Å²) in [6.45, 7) is 2.61. The molecule has 0 aliphatic carbocycles. The fraction of sp³-hybridized carbons (Fsp3) is 0.182. The molecular weight excluding hydrogens is 274 g/mol. The van der Waals surface area contributed by atoms with Crippen molar-refractivity contribution in [1.29, 1.82) is 0 Å². The summed E-state index contributed by atoms with van der Waals surface area (Å²) in [7, 11) is 0. The zero-order valence-corrected chi connectivity index (χ0v) is 10.6. The predicted molar refractivity (Wildman–Crippen MR) is 65.3 cm³/mol. The van der Waals surface area contributed by atoms with E-state index in [0.717, 1.165) is 10.0 Å². The van der Waals surface area contributed by atoms with Crippen LogP contribution in [0, 0.1) is 6.92 Å². The lowest BCUT2D eigenvalue weighted by Gasteiger charge is -2.04. The summed E-state index contributed by atoms with van der Waals surface area (Å²) < 4.78 is 6.57. The smallest absolute Gasteiger partial charge is 0.213 e. The van der Waals surface area contributed by atoms with E-state index in [1.54, 1.807) is 17.5 Å². The second kappa shape index (κ2) is 4.77. The molecule has 2 aromatic rings. The second-order valence-corrected chi connectivity index (χ2v) is 5.03. The Morgan fingerprint density at radius 1 is 1.53 bits per heavy atom. The summed E-state index contributed by atoms with van der Waals surface area (Å²) in [4.78, 5) is 5.38. The van der Waals surface area contributed by atoms with E-state index in [4.69, 9.17) is 4.74 Å². The number of ether oxygens (including phenoxy) is 1. The zero-order chi connectivity index (χ0) is 10.7. The number of aryl methyl sites for hydroxylation is 1. The number of nitrogens with zero attached hydrogens (tertiary/aromatic N) is 1. The summed E-state index contributed by atoms with van der Waals surface area (Å²) in [5.74, 6) is 0.670. The van der Waals surface area contributed by atoms with Gasteiger partial charge in [-0.15, -0.1) is 11.3 Å². The first kappa shape index (κ1) is 10.6. The van der Waals surface area contributed by atoms with E-state index >= 15 is 0 Å². The average molecular weight is 284 g/mol. The van der Waals surface area contributed by atoms with Gasteiger partial charge in [-0.3, -0.25) is 0 Å². The van der Waals surface area contributed by atoms with Gasteiger partial charge < -0.3 is 4.74 Å². The van der Waals surface area contributed by atoms with Crippen LogP contribution in [0.3, 0.4) is 0 Å². The largest absolute Gasteiger partial charge is 0.472 e. The first-order chi connectivity index (χ1) is 7.25. The standard InChI is InChI=1S/C11H10BrNOS/c1-8-5-11(13-6-10(8)12)14-7-9-3-2-4-15-9/h2-6H,7H2,1H3. The average Bonchev–Trinajstić information content (AvgIpc) is 2.73. The monoisotopic (exact) mass is 283 g/mol. The molecular formula is C11H10BrNOS. The minimum Gasteiger partial charge on any atom is -0.472 e. The van der Waals surface area contributed by atoms with Gasteiger partial charge in [0, 0.05) is 21.6 Å². The molecule has 4 heteroatoms. The number of pyridine rings is 1. The van der Waals surface area contributed by atoms with Crippen LogP contribution >= 0.6 is 27.3 Å². The van der Waals surface area contributed by atoms with Gasteiger partial charge in [-0.25, -0.2) is 4.98 Å². The van der Waals surface area contributed by atoms with Crippen molar-refractivity contribution >= 4 is 27.3 Å². The molecule has 0 bridgehead atoms. The quantitative estimate of drug-likeness (QED) is 0.855. The Hall–Kier alpha value is -0.870. The molecule has 0 aromatic carbocycles. The summed E-state index contributed by atoms with van der Waals surface area (Å²) in [5.41, 5.74) is 1.13. The third kappa shape index (κ3) is 2.79. The van der Waals surface area contributed by atoms with Crippen LogP contribution in [0.5, 0.6) is 5.88 Å². The fourth-order valence-electron chi connectivity index (χ4n) is 1.13. The van der Waals surface area contributed by atoms with Crippen molar-refractivity contribution in [3.8, 4) is 5.88 Å². The highest BCUT2D eigenvalue weighted by atomic mass is 79.9. The van der Waals surface area contributed by atoms with Crippen molar-refractivity contribution < 1.29 is 4.74 Å². The lowest BCUT2D eigenvalue weighted by atomic mass is 10.3. The van der Waals surface area contributed by atoms with E-state index in [1.807, 2.05) is 24.4 Å². The van der Waals surface area contributed by atoms with Crippen molar-refractivity contribution in [3.63, 3.8) is 0 Å². The molecule has 0 aliphatic rings. The van der Waals surface area contributed by atoms with Gasteiger partial charge >= 0.3 is 0 Å². The lowest BCUT2D eigenvalue weighted by molar-refractivity contribution is 0.297. The Balaban J connectivity index is 2.02. The second-order valence-electron chi connectivity index (χ2n) is 3.14. The van der Waals surface area contributed by atoms with E-state index in [1.165, 1.54) is 4.88 Å². The first-order valence-corrected chi connectivity index (χ1v) is 6.20. The molecule has 0 radical (unpaired) electrons. The van der Waals surface area contributed by atoms with Crippen molar-refractivity contribution in [1.82, 2.24) is 4.98 Å². The molecule has 2 heterocycles. The molecule has 0 unspecified atom stereocenters. The van der Waals surface area contributed by atoms with Crippen molar-refractivity contribution in [2.45, 2.75) is 13.5 Å². The molecule has 0 saturated heterocycles. The normalized spacial score (nSPS) is 10.3. The fourth-order valence-corrected chi connectivity index (χ4v) is 1.97. The Labute approximate surface area is 101 Å². The Bertz CT molecular complexity index is 442. The van der Waals surface area contributed by atoms with Crippen LogP contribution in [-0.2, 0) is 6.61 Å². The lowest BCUT2D eigenvalue weighted by Crippen LogP contribution is -1.95. The van der Waals surface area contributed by atoms with Gasteiger partial charge in [0.15, 0.2) is 0 Å². The molecule has 0 N–H and O–H groups in total. The number of halogens is 1. The first-order valence-electron chi connectivity index (χ1n) is 4.53. The molecule has 2 nitrogen and oxygen atoms in total. The summed E-state index contributed by atoms with van der Waals surface area (Å²) >= 11 is 5.09. The van der Waals surface area contributed by atoms with Crippen LogP contribution in [0.25, 0.3) is 0 Å². The Kier molecular flexibility index (Phi) is 3.38. The van der Waals surface area contributed by atoms with Gasteiger partial charge in [-0.05, 0) is 39.9 Å². The molecule has 0 fully saturated rings. The molecule has 0 atom stereocenters. The van der Waals surface area contributed by atoms with Crippen LogP contribution in [-0.4, -0.2) is 4.98 Å².